The molecule has 8 nitrogen and oxygen atoms in total. The number of hydrogen-bond donors (Lipinski definition) is 1. The van der Waals surface area contributed by atoms with Crippen molar-refractivity contribution in [2.24, 2.45) is 0 Å². The number of esters is 1. The van der Waals surface area contributed by atoms with E-state index in [2.05, 4.69) is 10.1 Å². The molecule has 1 aliphatic heterocycles. The molecule has 1 saturated heterocycles. The summed E-state index contributed by atoms with van der Waals surface area (Å²) in [7, 11) is 1.58. The first-order valence-electron chi connectivity index (χ1n) is 5.92. The lowest BCUT2D eigenvalue weighted by Crippen LogP contribution is -2.41. The summed E-state index contributed by atoms with van der Waals surface area (Å²) in [6.07, 6.45) is 1.85. The van der Waals surface area contributed by atoms with Gasteiger partial charge in [-0.3, -0.25) is 4.79 Å². The van der Waals surface area contributed by atoms with E-state index in [4.69, 9.17) is 10.5 Å². The lowest BCUT2D eigenvalue weighted by atomic mass is 10.0. The number of hydrogen-bond acceptors (Lipinski definition) is 6. The molecule has 2 heterocycles. The number of aromatic nitrogens is 3. The smallest absolute Gasteiger partial charge is 0.329 e. The van der Waals surface area contributed by atoms with E-state index >= 15 is 0 Å². The molecule has 0 aliphatic carbocycles. The van der Waals surface area contributed by atoms with Crippen molar-refractivity contribution in [3.8, 4) is 0 Å². The first-order chi connectivity index (χ1) is 8.78. The maximum absolute atomic E-state index is 12.1. The van der Waals surface area contributed by atoms with E-state index in [-0.39, 0.29) is 24.4 Å². The molecular formula is C11H17N5O3. The number of nitrogens with two attached hydrogens (primary N) is 1. The number of carbonyl (C=O) groups is 2. The van der Waals surface area contributed by atoms with Gasteiger partial charge in [-0.2, -0.15) is 0 Å². The molecule has 1 unspecified atom stereocenters. The minimum Gasteiger partial charge on any atom is -0.458 e. The highest BCUT2D eigenvalue weighted by Gasteiger charge is 2.43. The molecule has 1 amide bonds. The van der Waals surface area contributed by atoms with E-state index < -0.39 is 11.6 Å². The normalized spacial score (nSPS) is 21.2. The number of ether oxygens (including phenoxy) is 1. The molecule has 1 fully saturated rings. The molecule has 1 aliphatic rings. The topological polar surface area (TPSA) is 103 Å². The van der Waals surface area contributed by atoms with Crippen LogP contribution in [-0.4, -0.2) is 50.2 Å². The van der Waals surface area contributed by atoms with Crippen LogP contribution in [0.2, 0.25) is 0 Å². The van der Waals surface area contributed by atoms with Crippen LogP contribution in [0.25, 0.3) is 0 Å². The molecular weight excluding hydrogens is 250 g/mol. The van der Waals surface area contributed by atoms with Crippen LogP contribution in [0, 0.1) is 0 Å². The molecule has 2 rings (SSSR count). The van der Waals surface area contributed by atoms with Crippen LogP contribution in [0.3, 0.4) is 0 Å². The number of nitrogens with zero attached hydrogens (tertiary/aromatic N) is 4. The fraction of sp³-hybridized carbons (Fsp3) is 0.636. The van der Waals surface area contributed by atoms with Crippen LogP contribution >= 0.6 is 0 Å². The minimum absolute atomic E-state index is 0.00902. The van der Waals surface area contributed by atoms with Crippen LogP contribution < -0.4 is 5.73 Å². The summed E-state index contributed by atoms with van der Waals surface area (Å²) < 4.78 is 6.53. The fourth-order valence-corrected chi connectivity index (χ4v) is 2.04. The summed E-state index contributed by atoms with van der Waals surface area (Å²) >= 11 is 0. The number of cyclic esters (lactones) is 1. The van der Waals surface area contributed by atoms with Gasteiger partial charge in [0.15, 0.2) is 0 Å². The third-order valence-corrected chi connectivity index (χ3v) is 3.05. The highest BCUT2D eigenvalue weighted by Crippen LogP contribution is 2.28. The second-order valence-electron chi connectivity index (χ2n) is 5.21. The summed E-state index contributed by atoms with van der Waals surface area (Å²) in [6, 6.07) is -0.552. The molecule has 19 heavy (non-hydrogen) atoms. The first-order valence-corrected chi connectivity index (χ1v) is 5.92. The lowest BCUT2D eigenvalue weighted by Gasteiger charge is -2.21. The van der Waals surface area contributed by atoms with Crippen molar-refractivity contribution in [1.29, 1.82) is 0 Å². The number of amides is 1. The van der Waals surface area contributed by atoms with Gasteiger partial charge in [0.05, 0.1) is 0 Å². The first kappa shape index (κ1) is 13.3. The summed E-state index contributed by atoms with van der Waals surface area (Å²) in [5, 5.41) is 3.83. The molecule has 1 aromatic heterocycles. The molecule has 104 valence electrons. The van der Waals surface area contributed by atoms with Gasteiger partial charge in [0.1, 0.15) is 24.5 Å². The van der Waals surface area contributed by atoms with Gasteiger partial charge in [0.25, 0.3) is 0 Å². The number of anilines is 1. The van der Waals surface area contributed by atoms with Crippen molar-refractivity contribution in [1.82, 2.24) is 19.7 Å². The maximum atomic E-state index is 12.1. The Morgan fingerprint density at radius 3 is 2.84 bits per heavy atom. The molecule has 0 radical (unpaired) electrons. The Hall–Kier alpha value is -2.12. The monoisotopic (exact) mass is 267 g/mol. The minimum atomic E-state index is -0.552. The van der Waals surface area contributed by atoms with Gasteiger partial charge in [0.2, 0.25) is 11.9 Å². The van der Waals surface area contributed by atoms with Crippen molar-refractivity contribution in [3.63, 3.8) is 0 Å². The van der Waals surface area contributed by atoms with E-state index in [1.165, 1.54) is 15.9 Å². The summed E-state index contributed by atoms with van der Waals surface area (Å²) in [6.45, 7) is 3.63. The summed E-state index contributed by atoms with van der Waals surface area (Å²) in [5.74, 6) is -0.514. The Kier molecular flexibility index (Phi) is 3.17. The molecule has 0 aromatic carbocycles. The summed E-state index contributed by atoms with van der Waals surface area (Å²) in [4.78, 5) is 28.9. The Morgan fingerprint density at radius 1 is 1.68 bits per heavy atom. The third-order valence-electron chi connectivity index (χ3n) is 3.05. The second-order valence-corrected chi connectivity index (χ2v) is 5.21. The fourth-order valence-electron chi connectivity index (χ4n) is 2.04. The lowest BCUT2D eigenvalue weighted by molar-refractivity contribution is -0.152. The Balaban J connectivity index is 2.01. The third kappa shape index (κ3) is 2.83. The molecule has 1 atom stereocenters. The van der Waals surface area contributed by atoms with Crippen LogP contribution in [0.5, 0.6) is 0 Å². The van der Waals surface area contributed by atoms with Crippen LogP contribution in [0.1, 0.15) is 20.3 Å². The predicted octanol–water partition coefficient (Wildman–Crippen LogP) is -0.587. The van der Waals surface area contributed by atoms with Gasteiger partial charge in [-0.25, -0.2) is 14.5 Å². The zero-order valence-electron chi connectivity index (χ0n) is 11.2. The van der Waals surface area contributed by atoms with Gasteiger partial charge >= 0.3 is 5.97 Å². The quantitative estimate of drug-likeness (QED) is 0.734. The van der Waals surface area contributed by atoms with Crippen molar-refractivity contribution in [2.45, 2.75) is 38.5 Å². The van der Waals surface area contributed by atoms with Gasteiger partial charge in [-0.1, -0.05) is 0 Å². The molecule has 0 bridgehead atoms. The SMILES string of the molecule is CN(C(=O)Cn1cnc(N)n1)C1CC(C)(C)OC1=O. The van der Waals surface area contributed by atoms with Gasteiger partial charge in [0, 0.05) is 13.5 Å². The molecule has 8 heteroatoms. The van der Waals surface area contributed by atoms with E-state index in [1.54, 1.807) is 7.05 Å². The van der Waals surface area contributed by atoms with Crippen LogP contribution in [0.15, 0.2) is 6.33 Å². The van der Waals surface area contributed by atoms with Gasteiger partial charge < -0.3 is 15.4 Å². The Morgan fingerprint density at radius 2 is 2.37 bits per heavy atom. The van der Waals surface area contributed by atoms with Gasteiger partial charge in [-0.15, -0.1) is 5.10 Å². The largest absolute Gasteiger partial charge is 0.458 e. The Bertz CT molecular complexity index is 510. The highest BCUT2D eigenvalue weighted by molar-refractivity contribution is 5.85. The highest BCUT2D eigenvalue weighted by atomic mass is 16.6. The van der Waals surface area contributed by atoms with Gasteiger partial charge in [-0.05, 0) is 13.8 Å². The predicted molar refractivity (Wildman–Crippen MR) is 65.8 cm³/mol. The van der Waals surface area contributed by atoms with E-state index in [9.17, 15) is 9.59 Å². The average Bonchev–Trinajstić information content (AvgIpc) is 2.81. The number of likely N-dealkylation sites (N-methyl/N-ethyl adjacent to an activating group) is 1. The van der Waals surface area contributed by atoms with Crippen LogP contribution in [-0.2, 0) is 20.9 Å². The Labute approximate surface area is 110 Å². The van der Waals surface area contributed by atoms with Crippen molar-refractivity contribution < 1.29 is 14.3 Å². The standard InChI is InChI=1S/C11H17N5O3/c1-11(2)4-7(9(18)19-11)15(3)8(17)5-16-6-13-10(12)14-16/h6-7H,4-5H2,1-3H3,(H2,12,14). The van der Waals surface area contributed by atoms with E-state index in [0.29, 0.717) is 6.42 Å². The molecule has 0 saturated carbocycles. The number of carbonyl (C=O) groups excluding carboxylic acids is 2. The zero-order chi connectivity index (χ0) is 14.2. The summed E-state index contributed by atoms with van der Waals surface area (Å²) in [5.41, 5.74) is 4.83. The van der Waals surface area contributed by atoms with Crippen molar-refractivity contribution in [2.75, 3.05) is 12.8 Å². The maximum Gasteiger partial charge on any atom is 0.329 e. The zero-order valence-corrected chi connectivity index (χ0v) is 11.2. The van der Waals surface area contributed by atoms with E-state index in [1.807, 2.05) is 13.8 Å². The van der Waals surface area contributed by atoms with Crippen LogP contribution in [0.4, 0.5) is 5.95 Å². The average molecular weight is 267 g/mol. The van der Waals surface area contributed by atoms with E-state index in [0.717, 1.165) is 0 Å². The molecule has 0 spiro atoms. The number of rotatable bonds is 3. The molecule has 2 N–H and O–H groups in total. The van der Waals surface area contributed by atoms with Crippen molar-refractivity contribution in [3.05, 3.63) is 6.33 Å². The molecule has 1 aromatic rings. The second kappa shape index (κ2) is 4.52. The number of nitrogen functional groups attached to an aromatic ring is 1. The van der Waals surface area contributed by atoms with Crippen molar-refractivity contribution >= 4 is 17.8 Å².